The lowest BCUT2D eigenvalue weighted by molar-refractivity contribution is -0.120. The zero-order chi connectivity index (χ0) is 11.1. The van der Waals surface area contributed by atoms with Crippen LogP contribution in [0.25, 0.3) is 10.1 Å². The van der Waals surface area contributed by atoms with Crippen molar-refractivity contribution in [3.05, 3.63) is 35.2 Å². The van der Waals surface area contributed by atoms with E-state index >= 15 is 0 Å². The van der Waals surface area contributed by atoms with Crippen LogP contribution in [0.5, 0.6) is 0 Å². The quantitative estimate of drug-likeness (QED) is 0.724. The summed E-state index contributed by atoms with van der Waals surface area (Å²) in [5, 5.41) is 3.45. The number of carbonyl (C=O) groups excluding carboxylic acids is 1. The Labute approximate surface area is 99.1 Å². The van der Waals surface area contributed by atoms with Crippen LogP contribution in [-0.4, -0.2) is 5.78 Å². The minimum Gasteiger partial charge on any atom is -0.299 e. The van der Waals surface area contributed by atoms with Crippen LogP contribution in [0, 0.1) is 5.92 Å². The first-order chi connectivity index (χ1) is 7.77. The molecular weight excluding hydrogens is 216 g/mol. The molecule has 0 radical (unpaired) electrons. The fraction of sp³-hybridized carbons (Fsp3) is 0.357. The highest BCUT2D eigenvalue weighted by atomic mass is 32.1. The first-order valence-electron chi connectivity index (χ1n) is 5.76. The molecule has 2 heteroatoms. The number of rotatable bonds is 1. The molecule has 0 bridgehead atoms. The van der Waals surface area contributed by atoms with E-state index in [0.29, 0.717) is 11.7 Å². The van der Waals surface area contributed by atoms with Gasteiger partial charge in [0.2, 0.25) is 0 Å². The minimum atomic E-state index is 0.202. The van der Waals surface area contributed by atoms with Crippen LogP contribution < -0.4 is 0 Å². The van der Waals surface area contributed by atoms with Crippen molar-refractivity contribution >= 4 is 27.2 Å². The lowest BCUT2D eigenvalue weighted by Crippen LogP contribution is -2.08. The van der Waals surface area contributed by atoms with Gasteiger partial charge in [0.1, 0.15) is 5.78 Å². The summed E-state index contributed by atoms with van der Waals surface area (Å²) < 4.78 is 1.37. The van der Waals surface area contributed by atoms with Gasteiger partial charge in [-0.25, -0.2) is 0 Å². The third kappa shape index (κ3) is 1.40. The van der Waals surface area contributed by atoms with Crippen molar-refractivity contribution < 1.29 is 4.79 Å². The molecule has 1 aromatic carbocycles. The van der Waals surface area contributed by atoms with Gasteiger partial charge in [-0.1, -0.05) is 25.1 Å². The summed E-state index contributed by atoms with van der Waals surface area (Å²) in [7, 11) is 0. The second kappa shape index (κ2) is 3.70. The van der Waals surface area contributed by atoms with E-state index in [1.807, 2.05) is 0 Å². The molecule has 1 aliphatic carbocycles. The van der Waals surface area contributed by atoms with Gasteiger partial charge in [-0.15, -0.1) is 11.3 Å². The molecule has 16 heavy (non-hydrogen) atoms. The number of carbonyl (C=O) groups is 1. The highest BCUT2D eigenvalue weighted by Gasteiger charge is 2.32. The average Bonchev–Trinajstić information content (AvgIpc) is 2.87. The van der Waals surface area contributed by atoms with Crippen LogP contribution in [0.1, 0.15) is 31.2 Å². The van der Waals surface area contributed by atoms with Gasteiger partial charge in [-0.3, -0.25) is 4.79 Å². The van der Waals surface area contributed by atoms with E-state index in [1.54, 1.807) is 11.3 Å². The maximum Gasteiger partial charge on any atom is 0.136 e. The Hall–Kier alpha value is -1.15. The van der Waals surface area contributed by atoms with Crippen molar-refractivity contribution in [3.8, 4) is 0 Å². The zero-order valence-electron chi connectivity index (χ0n) is 9.27. The van der Waals surface area contributed by atoms with Gasteiger partial charge in [0.05, 0.1) is 0 Å². The van der Waals surface area contributed by atoms with Crippen LogP contribution in [0.2, 0.25) is 0 Å². The first kappa shape index (κ1) is 10.0. The molecule has 1 saturated carbocycles. The van der Waals surface area contributed by atoms with E-state index in [-0.39, 0.29) is 5.92 Å². The lowest BCUT2D eigenvalue weighted by atomic mass is 9.89. The Bertz CT molecular complexity index is 540. The second-order valence-electron chi connectivity index (χ2n) is 4.59. The van der Waals surface area contributed by atoms with E-state index in [2.05, 4.69) is 36.6 Å². The van der Waals surface area contributed by atoms with Crippen LogP contribution in [0.15, 0.2) is 29.6 Å². The summed E-state index contributed by atoms with van der Waals surface area (Å²) in [5.41, 5.74) is 1.38. The first-order valence-corrected chi connectivity index (χ1v) is 6.64. The van der Waals surface area contributed by atoms with Crippen LogP contribution in [0.4, 0.5) is 0 Å². The van der Waals surface area contributed by atoms with Gasteiger partial charge in [0, 0.05) is 17.0 Å². The summed E-state index contributed by atoms with van der Waals surface area (Å²) in [6, 6.07) is 8.61. The number of Topliss-reactive ketones (excluding diaryl/α,β-unsaturated/α-hetero) is 1. The maximum atomic E-state index is 11.6. The zero-order valence-corrected chi connectivity index (χ0v) is 10.1. The van der Waals surface area contributed by atoms with Crippen molar-refractivity contribution in [1.82, 2.24) is 0 Å². The van der Waals surface area contributed by atoms with Crippen molar-refractivity contribution in [2.75, 3.05) is 0 Å². The molecule has 2 unspecified atom stereocenters. The molecule has 0 spiro atoms. The van der Waals surface area contributed by atoms with Crippen molar-refractivity contribution in [3.63, 3.8) is 0 Å². The predicted molar refractivity (Wildman–Crippen MR) is 68.0 cm³/mol. The van der Waals surface area contributed by atoms with E-state index in [1.165, 1.54) is 15.6 Å². The fourth-order valence-corrected chi connectivity index (χ4v) is 3.71. The summed E-state index contributed by atoms with van der Waals surface area (Å²) >= 11 is 1.79. The number of benzene rings is 1. The molecule has 82 valence electrons. The number of ketones is 1. The molecule has 0 N–H and O–H groups in total. The molecular formula is C14H14OS. The van der Waals surface area contributed by atoms with Gasteiger partial charge in [0.25, 0.3) is 0 Å². The third-order valence-corrected chi connectivity index (χ3v) is 4.70. The highest BCUT2D eigenvalue weighted by Crippen LogP contribution is 2.41. The number of fused-ring (bicyclic) bond motifs is 1. The molecule has 1 aromatic heterocycles. The largest absolute Gasteiger partial charge is 0.299 e. The van der Waals surface area contributed by atoms with Crippen LogP contribution in [0.3, 0.4) is 0 Å². The Morgan fingerprint density at radius 1 is 1.31 bits per heavy atom. The third-order valence-electron chi connectivity index (χ3n) is 3.72. The van der Waals surface area contributed by atoms with Crippen LogP contribution in [-0.2, 0) is 4.79 Å². The Morgan fingerprint density at radius 3 is 2.94 bits per heavy atom. The number of hydrogen-bond acceptors (Lipinski definition) is 2. The highest BCUT2D eigenvalue weighted by molar-refractivity contribution is 7.17. The Balaban J connectivity index is 2.12. The molecule has 2 atom stereocenters. The Morgan fingerprint density at radius 2 is 2.19 bits per heavy atom. The average molecular weight is 230 g/mol. The summed E-state index contributed by atoms with van der Waals surface area (Å²) in [6.45, 7) is 2.08. The molecule has 3 rings (SSSR count). The standard InChI is InChI=1S/C14H14OS/c1-9-11(5-6-13(9)15)12-4-2-3-10-7-8-16-14(10)12/h2-4,7-9,11H,5-6H2,1H3. The van der Waals surface area contributed by atoms with Gasteiger partial charge in [0.15, 0.2) is 0 Å². The normalized spacial score (nSPS) is 25.4. The summed E-state index contributed by atoms with van der Waals surface area (Å²) in [6.07, 6.45) is 1.78. The number of hydrogen-bond donors (Lipinski definition) is 0. The van der Waals surface area contributed by atoms with E-state index in [9.17, 15) is 4.79 Å². The van der Waals surface area contributed by atoms with Crippen molar-refractivity contribution in [2.45, 2.75) is 25.7 Å². The Kier molecular flexibility index (Phi) is 2.32. The van der Waals surface area contributed by atoms with Gasteiger partial charge in [-0.05, 0) is 34.7 Å². The molecule has 2 aromatic rings. The van der Waals surface area contributed by atoms with Gasteiger partial charge in [-0.2, -0.15) is 0 Å². The minimum absolute atomic E-state index is 0.202. The molecule has 0 aliphatic heterocycles. The molecule has 1 fully saturated rings. The van der Waals surface area contributed by atoms with E-state index in [4.69, 9.17) is 0 Å². The summed E-state index contributed by atoms with van der Waals surface area (Å²) in [5.74, 6) is 1.07. The van der Waals surface area contributed by atoms with Crippen molar-refractivity contribution in [2.24, 2.45) is 5.92 Å². The summed E-state index contributed by atoms with van der Waals surface area (Å²) in [4.78, 5) is 11.6. The smallest absolute Gasteiger partial charge is 0.136 e. The van der Waals surface area contributed by atoms with E-state index in [0.717, 1.165) is 12.8 Å². The monoisotopic (exact) mass is 230 g/mol. The predicted octanol–water partition coefficient (Wildman–Crippen LogP) is 3.98. The topological polar surface area (TPSA) is 17.1 Å². The van der Waals surface area contributed by atoms with E-state index < -0.39 is 0 Å². The SMILES string of the molecule is CC1C(=O)CCC1c1cccc2ccsc12. The molecule has 1 nitrogen and oxygen atoms in total. The lowest BCUT2D eigenvalue weighted by Gasteiger charge is -2.15. The molecule has 0 amide bonds. The van der Waals surface area contributed by atoms with Gasteiger partial charge < -0.3 is 0 Å². The van der Waals surface area contributed by atoms with Crippen LogP contribution >= 0.6 is 11.3 Å². The molecule has 0 saturated heterocycles. The second-order valence-corrected chi connectivity index (χ2v) is 5.50. The van der Waals surface area contributed by atoms with Gasteiger partial charge >= 0.3 is 0 Å². The maximum absolute atomic E-state index is 11.6. The van der Waals surface area contributed by atoms with Crippen molar-refractivity contribution in [1.29, 1.82) is 0 Å². The fourth-order valence-electron chi connectivity index (χ4n) is 2.73. The molecule has 1 heterocycles. The molecule has 1 aliphatic rings. The number of thiophene rings is 1.